The van der Waals surface area contributed by atoms with E-state index in [2.05, 4.69) is 111 Å². The van der Waals surface area contributed by atoms with Crippen molar-refractivity contribution >= 4 is 17.9 Å². The van der Waals surface area contributed by atoms with Crippen molar-refractivity contribution in [2.45, 2.75) is 270 Å². The zero-order valence-corrected chi connectivity index (χ0v) is 50.3. The van der Waals surface area contributed by atoms with E-state index in [1.54, 1.807) is 0 Å². The summed E-state index contributed by atoms with van der Waals surface area (Å²) < 4.78 is 22.7. The highest BCUT2D eigenvalue weighted by Crippen LogP contribution is 2.16. The molecule has 77 heavy (non-hydrogen) atoms. The summed E-state index contributed by atoms with van der Waals surface area (Å²) in [6.07, 6.45) is 76.2. The lowest BCUT2D eigenvalue weighted by Gasteiger charge is -2.26. The molecular formula is C68H117NO8. The molecule has 0 saturated heterocycles. The monoisotopic (exact) mass is 1080 g/mol. The maximum atomic E-state index is 12.9. The van der Waals surface area contributed by atoms with Crippen molar-refractivity contribution in [2.75, 3.05) is 47.5 Å². The number of carbonyl (C=O) groups is 3. The van der Waals surface area contributed by atoms with E-state index < -0.39 is 24.3 Å². The van der Waals surface area contributed by atoms with Crippen LogP contribution in [0.15, 0.2) is 97.2 Å². The number of quaternary nitrogens is 1. The highest BCUT2D eigenvalue weighted by molar-refractivity contribution is 5.70. The summed E-state index contributed by atoms with van der Waals surface area (Å²) in [6, 6.07) is 0. The van der Waals surface area contributed by atoms with E-state index in [1.165, 1.54) is 141 Å². The summed E-state index contributed by atoms with van der Waals surface area (Å²) in [4.78, 5) is 37.3. The number of hydrogen-bond donors (Lipinski definition) is 0. The summed E-state index contributed by atoms with van der Waals surface area (Å²) in [5.74, 6) is -2.33. The molecule has 9 nitrogen and oxygen atoms in total. The second-order valence-electron chi connectivity index (χ2n) is 22.0. The van der Waals surface area contributed by atoms with Gasteiger partial charge in [0.15, 0.2) is 12.4 Å². The van der Waals surface area contributed by atoms with Crippen LogP contribution in [0.25, 0.3) is 0 Å². The lowest BCUT2D eigenvalue weighted by atomic mass is 10.0. The van der Waals surface area contributed by atoms with Gasteiger partial charge in [0.05, 0.1) is 40.3 Å². The van der Waals surface area contributed by atoms with Crippen molar-refractivity contribution in [3.8, 4) is 0 Å². The minimum Gasteiger partial charge on any atom is -0.545 e. The molecule has 0 radical (unpaired) electrons. The van der Waals surface area contributed by atoms with Crippen molar-refractivity contribution in [1.29, 1.82) is 0 Å². The number of aliphatic carboxylic acids is 1. The Hall–Kier alpha value is -3.79. The highest BCUT2D eigenvalue weighted by Gasteiger charge is 2.22. The largest absolute Gasteiger partial charge is 0.545 e. The third kappa shape index (κ3) is 59.7. The Morgan fingerprint density at radius 1 is 0.403 bits per heavy atom. The molecule has 0 fully saturated rings. The summed E-state index contributed by atoms with van der Waals surface area (Å²) in [5, 5.41) is 11.8. The van der Waals surface area contributed by atoms with Gasteiger partial charge in [0.2, 0.25) is 0 Å². The Morgan fingerprint density at radius 3 is 1.12 bits per heavy atom. The number of nitrogens with zero attached hydrogens (tertiary/aromatic N) is 1. The number of allylic oxidation sites excluding steroid dienone is 16. The van der Waals surface area contributed by atoms with Crippen LogP contribution in [-0.4, -0.2) is 82.3 Å². The molecule has 442 valence electrons. The van der Waals surface area contributed by atoms with Crippen molar-refractivity contribution in [1.82, 2.24) is 0 Å². The Bertz CT molecular complexity index is 1580. The first-order valence-corrected chi connectivity index (χ1v) is 31.4. The van der Waals surface area contributed by atoms with Crippen LogP contribution in [-0.2, 0) is 33.3 Å². The number of hydrogen-bond acceptors (Lipinski definition) is 8. The zero-order chi connectivity index (χ0) is 56.2. The number of esters is 2. The summed E-state index contributed by atoms with van der Waals surface area (Å²) >= 11 is 0. The maximum absolute atomic E-state index is 12.9. The van der Waals surface area contributed by atoms with Gasteiger partial charge < -0.3 is 33.3 Å². The number of unbranched alkanes of at least 4 members (excludes halogenated alkanes) is 26. The molecule has 0 aromatic rings. The molecule has 0 aromatic heterocycles. The lowest BCUT2D eigenvalue weighted by molar-refractivity contribution is -0.870. The molecule has 0 spiro atoms. The van der Waals surface area contributed by atoms with Gasteiger partial charge in [0.1, 0.15) is 13.2 Å². The Kier molecular flexibility index (Phi) is 55.5. The molecule has 0 bridgehead atoms. The molecular weight excluding hydrogens is 959 g/mol. The van der Waals surface area contributed by atoms with Crippen molar-refractivity contribution < 1.29 is 42.9 Å². The Balaban J connectivity index is 4.15. The van der Waals surface area contributed by atoms with Gasteiger partial charge in [0.25, 0.3) is 0 Å². The minimum absolute atomic E-state index is 0.137. The number of likely N-dealkylation sites (N-methyl/N-ethyl adjacent to an activating group) is 1. The summed E-state index contributed by atoms with van der Waals surface area (Å²) in [5.41, 5.74) is 0. The molecule has 0 saturated carbocycles. The number of carboxylic acids is 1. The van der Waals surface area contributed by atoms with Crippen LogP contribution in [0.2, 0.25) is 0 Å². The van der Waals surface area contributed by atoms with Gasteiger partial charge in [-0.25, -0.2) is 0 Å². The van der Waals surface area contributed by atoms with Crippen LogP contribution >= 0.6 is 0 Å². The summed E-state index contributed by atoms with van der Waals surface area (Å²) in [7, 11) is 5.91. The quantitative estimate of drug-likeness (QED) is 0.0195. The van der Waals surface area contributed by atoms with Gasteiger partial charge in [-0.2, -0.15) is 0 Å². The van der Waals surface area contributed by atoms with E-state index in [-0.39, 0.29) is 38.6 Å². The van der Waals surface area contributed by atoms with E-state index in [9.17, 15) is 19.5 Å². The molecule has 2 unspecified atom stereocenters. The van der Waals surface area contributed by atoms with Crippen molar-refractivity contribution in [2.24, 2.45) is 0 Å². The SMILES string of the molecule is CC/C=C\C/C=C\C/C=C\C/C=C\C/C=C\CCCCCC(=O)OC(COC(=O)CCCCCCCCCCCCCCCCCCCC/C=C\C/C=C\C/C=C\CCCCCCC)COC(OCC[N+](C)(C)C)C(=O)[O-]. The second-order valence-corrected chi connectivity index (χ2v) is 22.0. The van der Waals surface area contributed by atoms with Gasteiger partial charge in [-0.05, 0) is 96.3 Å². The molecule has 0 heterocycles. The first kappa shape index (κ1) is 73.2. The molecule has 0 aliphatic carbocycles. The molecule has 0 rings (SSSR count). The first-order valence-electron chi connectivity index (χ1n) is 31.4. The number of carboxylic acid groups (broad SMARTS) is 1. The topological polar surface area (TPSA) is 111 Å². The molecule has 9 heteroatoms. The molecule has 0 N–H and O–H groups in total. The maximum Gasteiger partial charge on any atom is 0.306 e. The summed E-state index contributed by atoms with van der Waals surface area (Å²) in [6.45, 7) is 4.59. The third-order valence-electron chi connectivity index (χ3n) is 13.3. The number of carbonyl (C=O) groups excluding carboxylic acids is 3. The van der Waals surface area contributed by atoms with Gasteiger partial charge in [-0.3, -0.25) is 9.59 Å². The first-order chi connectivity index (χ1) is 37.6. The van der Waals surface area contributed by atoms with Crippen LogP contribution in [0.5, 0.6) is 0 Å². The number of rotatable bonds is 57. The van der Waals surface area contributed by atoms with Gasteiger partial charge in [-0.15, -0.1) is 0 Å². The predicted molar refractivity (Wildman–Crippen MR) is 324 cm³/mol. The molecule has 0 amide bonds. The van der Waals surface area contributed by atoms with Crippen LogP contribution in [0.1, 0.15) is 258 Å². The molecule has 2 atom stereocenters. The fourth-order valence-electron chi connectivity index (χ4n) is 8.51. The van der Waals surface area contributed by atoms with Gasteiger partial charge in [0, 0.05) is 12.8 Å². The highest BCUT2D eigenvalue weighted by atomic mass is 16.7. The van der Waals surface area contributed by atoms with E-state index in [0.29, 0.717) is 17.4 Å². The number of ether oxygens (including phenoxy) is 4. The van der Waals surface area contributed by atoms with Gasteiger partial charge >= 0.3 is 11.9 Å². The minimum atomic E-state index is -1.64. The van der Waals surface area contributed by atoms with Crippen LogP contribution in [0, 0.1) is 0 Å². The molecule has 0 aliphatic heterocycles. The normalized spacial score (nSPS) is 13.4. The van der Waals surface area contributed by atoms with Crippen molar-refractivity contribution in [3.05, 3.63) is 97.2 Å². The zero-order valence-electron chi connectivity index (χ0n) is 50.3. The predicted octanol–water partition coefficient (Wildman–Crippen LogP) is 17.6. The fraction of sp³-hybridized carbons (Fsp3) is 0.721. The lowest BCUT2D eigenvalue weighted by Crippen LogP contribution is -2.44. The standard InChI is InChI=1S/C68H117NO8/c1-6-8-10-12-14-16-18-20-22-24-26-27-28-29-30-31-32-33-34-35-36-37-38-39-41-42-44-46-48-50-52-54-56-58-65(70)75-62-64(63-76-68(67(72)73)74-61-60-69(3,4)5)77-66(71)59-57-55-53-51-49-47-45-43-40-25-23-21-19-17-15-13-11-9-7-2/h9,11,15,17-18,20-21,23-24,26,28-29,40,43,47,49,64,68H,6-8,10,12-14,16,19,22,25,27,30-39,41-42,44-46,48,50-63H2,1-5H3/b11-9-,17-15-,20-18-,23-21-,26-24-,29-28-,43-40-,49-47-. The smallest absolute Gasteiger partial charge is 0.306 e. The molecule has 0 aliphatic rings. The third-order valence-corrected chi connectivity index (χ3v) is 13.3. The van der Waals surface area contributed by atoms with E-state index >= 15 is 0 Å². The van der Waals surface area contributed by atoms with E-state index in [4.69, 9.17) is 18.9 Å². The Labute approximate surface area is 473 Å². The van der Waals surface area contributed by atoms with Crippen LogP contribution in [0.4, 0.5) is 0 Å². The van der Waals surface area contributed by atoms with Gasteiger partial charge in [-0.1, -0.05) is 246 Å². The second kappa shape index (κ2) is 58.4. The van der Waals surface area contributed by atoms with Crippen LogP contribution in [0.3, 0.4) is 0 Å². The average molecular weight is 1080 g/mol. The van der Waals surface area contributed by atoms with E-state index in [1.807, 2.05) is 21.1 Å². The average Bonchev–Trinajstić information content (AvgIpc) is 3.40. The fourth-order valence-corrected chi connectivity index (χ4v) is 8.51. The van der Waals surface area contributed by atoms with Crippen molar-refractivity contribution in [3.63, 3.8) is 0 Å². The van der Waals surface area contributed by atoms with Crippen LogP contribution < -0.4 is 5.11 Å². The van der Waals surface area contributed by atoms with E-state index in [0.717, 1.165) is 83.5 Å². The Morgan fingerprint density at radius 2 is 0.740 bits per heavy atom. The molecule has 0 aromatic carbocycles.